The standard InChI is InChI=1S/C33H37ClF4N4O6S/c1-20-16-23(28(43)41-11-7-31(3,45)8-12-41)17-21(2)24(20)6-15-49(46,47)42-13-9-32(10-14-42)30(44)39-27(40-32)22-4-5-25(34)26(18-22)48-19-33(37,38)29(35)36/h4-6,15-18,29,45H,7-14,19H2,1-3H3,(H,39,40,44)/b15-6+. The van der Waals surface area contributed by atoms with Crippen LogP contribution in [0, 0.1) is 13.8 Å². The Bertz CT molecular complexity index is 1780. The normalized spacial score (nSPS) is 19.8. The predicted octanol–water partition coefficient (Wildman–Crippen LogP) is 4.93. The predicted molar refractivity (Wildman–Crippen MR) is 176 cm³/mol. The molecule has 2 fully saturated rings. The molecule has 0 aromatic heterocycles. The maximum atomic E-state index is 13.4. The van der Waals surface area contributed by atoms with Crippen molar-refractivity contribution < 1.29 is 45.4 Å². The average Bonchev–Trinajstić information content (AvgIpc) is 3.34. The van der Waals surface area contributed by atoms with E-state index in [-0.39, 0.29) is 54.0 Å². The number of amides is 2. The Morgan fingerprint density at radius 2 is 1.71 bits per heavy atom. The zero-order valence-electron chi connectivity index (χ0n) is 27.1. The number of benzene rings is 2. The summed E-state index contributed by atoms with van der Waals surface area (Å²) in [5.41, 5.74) is 0.773. The third-order valence-corrected chi connectivity index (χ3v) is 11.1. The minimum Gasteiger partial charge on any atom is -0.485 e. The molecule has 2 aromatic carbocycles. The number of aryl methyl sites for hydroxylation is 2. The van der Waals surface area contributed by atoms with Gasteiger partial charge in [0, 0.05) is 42.7 Å². The molecule has 2 amide bonds. The Morgan fingerprint density at radius 1 is 1.10 bits per heavy atom. The number of carbonyl (C=O) groups is 2. The van der Waals surface area contributed by atoms with Gasteiger partial charge in [-0.05, 0) is 99.6 Å². The number of hydrogen-bond acceptors (Lipinski definition) is 7. The lowest BCUT2D eigenvalue weighted by atomic mass is 9.89. The van der Waals surface area contributed by atoms with Gasteiger partial charge >= 0.3 is 12.3 Å². The van der Waals surface area contributed by atoms with E-state index in [1.165, 1.54) is 28.6 Å². The van der Waals surface area contributed by atoms with Crippen LogP contribution in [0.3, 0.4) is 0 Å². The van der Waals surface area contributed by atoms with Crippen LogP contribution < -0.4 is 10.1 Å². The van der Waals surface area contributed by atoms with Crippen LogP contribution in [0.4, 0.5) is 17.6 Å². The highest BCUT2D eigenvalue weighted by Gasteiger charge is 2.47. The summed E-state index contributed by atoms with van der Waals surface area (Å²) in [5, 5.41) is 13.8. The molecular weight excluding hydrogens is 692 g/mol. The van der Waals surface area contributed by atoms with Crippen LogP contribution in [0.5, 0.6) is 5.75 Å². The van der Waals surface area contributed by atoms with Crippen molar-refractivity contribution in [2.75, 3.05) is 32.8 Å². The Hall–Kier alpha value is -3.53. The minimum atomic E-state index is -4.40. The molecule has 0 bridgehead atoms. The number of nitrogens with zero attached hydrogens (tertiary/aromatic N) is 3. The molecule has 49 heavy (non-hydrogen) atoms. The van der Waals surface area contributed by atoms with Gasteiger partial charge in [0.1, 0.15) is 17.1 Å². The van der Waals surface area contributed by atoms with Gasteiger partial charge in [0.15, 0.2) is 6.61 Å². The molecule has 2 N–H and O–H groups in total. The van der Waals surface area contributed by atoms with E-state index < -0.39 is 46.0 Å². The second-order valence-electron chi connectivity index (χ2n) is 13.0. The topological polar surface area (TPSA) is 129 Å². The highest BCUT2D eigenvalue weighted by atomic mass is 35.5. The van der Waals surface area contributed by atoms with Gasteiger partial charge < -0.3 is 20.1 Å². The maximum Gasteiger partial charge on any atom is 0.340 e. The largest absolute Gasteiger partial charge is 0.485 e. The molecule has 0 atom stereocenters. The van der Waals surface area contributed by atoms with E-state index in [9.17, 15) is 40.7 Å². The Labute approximate surface area is 286 Å². The fourth-order valence-corrected chi connectivity index (χ4v) is 7.42. The molecule has 3 aliphatic heterocycles. The van der Waals surface area contributed by atoms with E-state index in [4.69, 9.17) is 16.3 Å². The third kappa shape index (κ3) is 7.95. The van der Waals surface area contributed by atoms with Crippen molar-refractivity contribution in [2.45, 2.75) is 69.9 Å². The summed E-state index contributed by atoms with van der Waals surface area (Å²) in [4.78, 5) is 32.4. The molecule has 16 heteroatoms. The number of amidine groups is 1. The molecule has 0 aliphatic carbocycles. The molecule has 3 aliphatic rings. The molecule has 5 rings (SSSR count). The van der Waals surface area contributed by atoms with Gasteiger partial charge in [0.05, 0.1) is 10.6 Å². The summed E-state index contributed by atoms with van der Waals surface area (Å²) in [6, 6.07) is 7.40. The first-order chi connectivity index (χ1) is 22.8. The van der Waals surface area contributed by atoms with Crippen molar-refractivity contribution in [1.29, 1.82) is 0 Å². The van der Waals surface area contributed by atoms with Crippen LogP contribution in [0.25, 0.3) is 6.08 Å². The molecule has 2 aromatic rings. The average molecular weight is 729 g/mol. The molecule has 0 unspecified atom stereocenters. The number of sulfonamides is 1. The van der Waals surface area contributed by atoms with Crippen molar-refractivity contribution >= 4 is 45.4 Å². The van der Waals surface area contributed by atoms with Crippen molar-refractivity contribution in [3.8, 4) is 5.75 Å². The number of alkyl halides is 4. The Balaban J connectivity index is 1.25. The fraction of sp³-hybridized carbons (Fsp3) is 0.485. The second-order valence-corrected chi connectivity index (χ2v) is 15.2. The van der Waals surface area contributed by atoms with Gasteiger partial charge in [-0.15, -0.1) is 0 Å². The summed E-state index contributed by atoms with van der Waals surface area (Å²) in [6.45, 7) is 4.61. The molecule has 0 radical (unpaired) electrons. The number of nitrogens with one attached hydrogen (secondary N) is 1. The molecule has 2 saturated heterocycles. The van der Waals surface area contributed by atoms with E-state index in [0.717, 1.165) is 16.5 Å². The van der Waals surface area contributed by atoms with Gasteiger partial charge in [-0.1, -0.05) is 11.6 Å². The quantitative estimate of drug-likeness (QED) is 0.353. The SMILES string of the molecule is Cc1cc(C(=O)N2CCC(C)(O)CC2)cc(C)c1/C=C/S(=O)(=O)N1CCC2(CC1)N=C(c1ccc(Cl)c(OCC(F)(F)C(F)F)c1)NC2=O. The number of likely N-dealkylation sites (tertiary alicyclic amines) is 1. The van der Waals surface area contributed by atoms with Crippen molar-refractivity contribution in [3.05, 3.63) is 68.6 Å². The number of rotatable bonds is 9. The van der Waals surface area contributed by atoms with Gasteiger partial charge in [-0.2, -0.15) is 13.1 Å². The van der Waals surface area contributed by atoms with Crippen LogP contribution >= 0.6 is 11.6 Å². The van der Waals surface area contributed by atoms with Crippen molar-refractivity contribution in [2.24, 2.45) is 4.99 Å². The maximum absolute atomic E-state index is 13.4. The van der Waals surface area contributed by atoms with Crippen LogP contribution in [0.1, 0.15) is 65.2 Å². The zero-order valence-corrected chi connectivity index (χ0v) is 28.7. The summed E-state index contributed by atoms with van der Waals surface area (Å²) < 4.78 is 84.7. The number of aliphatic hydroxyl groups is 1. The van der Waals surface area contributed by atoms with E-state index in [1.807, 2.05) is 0 Å². The van der Waals surface area contributed by atoms with Crippen LogP contribution in [0.2, 0.25) is 5.02 Å². The second kappa shape index (κ2) is 13.6. The van der Waals surface area contributed by atoms with E-state index in [1.54, 1.807) is 37.8 Å². The summed E-state index contributed by atoms with van der Waals surface area (Å²) in [5.74, 6) is -5.22. The number of ether oxygens (including phenoxy) is 1. The highest BCUT2D eigenvalue weighted by molar-refractivity contribution is 7.92. The monoisotopic (exact) mass is 728 g/mol. The van der Waals surface area contributed by atoms with Crippen LogP contribution in [-0.4, -0.2) is 96.7 Å². The van der Waals surface area contributed by atoms with Crippen LogP contribution in [-0.2, 0) is 14.8 Å². The van der Waals surface area contributed by atoms with E-state index >= 15 is 0 Å². The molecule has 10 nitrogen and oxygen atoms in total. The molecule has 1 spiro atoms. The van der Waals surface area contributed by atoms with E-state index in [0.29, 0.717) is 37.1 Å². The molecular formula is C33H37ClF4N4O6S. The highest BCUT2D eigenvalue weighted by Crippen LogP contribution is 2.35. The lowest BCUT2D eigenvalue weighted by Crippen LogP contribution is -2.50. The molecule has 3 heterocycles. The molecule has 266 valence electrons. The lowest BCUT2D eigenvalue weighted by Gasteiger charge is -2.36. The van der Waals surface area contributed by atoms with Gasteiger partial charge in [0.25, 0.3) is 11.8 Å². The first-order valence-corrected chi connectivity index (χ1v) is 17.5. The van der Waals surface area contributed by atoms with Gasteiger partial charge in [-0.25, -0.2) is 17.2 Å². The number of hydrogen-bond donors (Lipinski definition) is 2. The van der Waals surface area contributed by atoms with Gasteiger partial charge in [-0.3, -0.25) is 14.6 Å². The van der Waals surface area contributed by atoms with E-state index in [2.05, 4.69) is 10.3 Å². The number of aliphatic imine (C=N–C) groups is 1. The van der Waals surface area contributed by atoms with Crippen LogP contribution in [0.15, 0.2) is 40.7 Å². The van der Waals surface area contributed by atoms with Crippen molar-refractivity contribution in [1.82, 2.24) is 14.5 Å². The smallest absolute Gasteiger partial charge is 0.340 e. The number of halogens is 5. The summed E-state index contributed by atoms with van der Waals surface area (Å²) in [6.07, 6.45) is -1.33. The summed E-state index contributed by atoms with van der Waals surface area (Å²) >= 11 is 6.00. The third-order valence-electron chi connectivity index (χ3n) is 9.21. The zero-order chi connectivity index (χ0) is 35.9. The minimum absolute atomic E-state index is 0.0112. The molecule has 0 saturated carbocycles. The lowest BCUT2D eigenvalue weighted by molar-refractivity contribution is -0.148. The first kappa shape index (κ1) is 36.7. The number of piperidine rings is 2. The Morgan fingerprint density at radius 3 is 2.31 bits per heavy atom. The first-order valence-electron chi connectivity index (χ1n) is 15.6. The van der Waals surface area contributed by atoms with Gasteiger partial charge in [0.2, 0.25) is 10.0 Å². The number of carbonyl (C=O) groups excluding carboxylic acids is 2. The van der Waals surface area contributed by atoms with Crippen molar-refractivity contribution in [3.63, 3.8) is 0 Å². The fourth-order valence-electron chi connectivity index (χ4n) is 6.08. The summed E-state index contributed by atoms with van der Waals surface area (Å²) in [7, 11) is -3.91. The Kier molecular flexibility index (Phi) is 10.2.